The van der Waals surface area contributed by atoms with E-state index in [4.69, 9.17) is 0 Å². The third-order valence-corrected chi connectivity index (χ3v) is 1.97. The average molecular weight is 170 g/mol. The SMILES string of the molecule is C=C/C=C(\C)C(=C)c1ccccc1. The number of benzene rings is 1. The first-order chi connectivity index (χ1) is 6.25. The van der Waals surface area contributed by atoms with Crippen molar-refractivity contribution in [3.63, 3.8) is 0 Å². The first kappa shape index (κ1) is 9.53. The summed E-state index contributed by atoms with van der Waals surface area (Å²) in [7, 11) is 0. The summed E-state index contributed by atoms with van der Waals surface area (Å²) in [5.41, 5.74) is 3.37. The molecule has 0 heterocycles. The summed E-state index contributed by atoms with van der Waals surface area (Å²) in [5.74, 6) is 0. The maximum absolute atomic E-state index is 4.03. The van der Waals surface area contributed by atoms with Crippen LogP contribution in [0.25, 0.3) is 5.57 Å². The molecular formula is C13H14. The minimum absolute atomic E-state index is 1.06. The molecule has 0 atom stereocenters. The second kappa shape index (κ2) is 4.46. The lowest BCUT2D eigenvalue weighted by Gasteiger charge is -2.04. The molecule has 0 heteroatoms. The molecule has 1 rings (SSSR count). The van der Waals surface area contributed by atoms with Gasteiger partial charge in [-0.1, -0.05) is 55.6 Å². The van der Waals surface area contributed by atoms with Gasteiger partial charge in [0.15, 0.2) is 0 Å². The van der Waals surface area contributed by atoms with Gasteiger partial charge in [-0.25, -0.2) is 0 Å². The monoisotopic (exact) mass is 170 g/mol. The molecule has 0 aliphatic carbocycles. The summed E-state index contributed by atoms with van der Waals surface area (Å²) in [6.07, 6.45) is 3.75. The molecule has 0 N–H and O–H groups in total. The van der Waals surface area contributed by atoms with Gasteiger partial charge in [0.2, 0.25) is 0 Å². The Morgan fingerprint density at radius 1 is 1.23 bits per heavy atom. The Bertz CT molecular complexity index is 328. The second-order valence-electron chi connectivity index (χ2n) is 2.93. The van der Waals surface area contributed by atoms with Crippen LogP contribution < -0.4 is 0 Å². The van der Waals surface area contributed by atoms with Crippen LogP contribution in [0, 0.1) is 0 Å². The van der Waals surface area contributed by atoms with Crippen molar-refractivity contribution in [2.45, 2.75) is 6.92 Å². The predicted molar refractivity (Wildman–Crippen MR) is 59.4 cm³/mol. The van der Waals surface area contributed by atoms with Gasteiger partial charge in [-0.2, -0.15) is 0 Å². The van der Waals surface area contributed by atoms with Gasteiger partial charge in [-0.05, 0) is 23.6 Å². The van der Waals surface area contributed by atoms with Gasteiger partial charge in [0, 0.05) is 0 Å². The van der Waals surface area contributed by atoms with Crippen molar-refractivity contribution >= 4 is 5.57 Å². The lowest BCUT2D eigenvalue weighted by Crippen LogP contribution is -1.83. The van der Waals surface area contributed by atoms with Crippen LogP contribution >= 0.6 is 0 Å². The van der Waals surface area contributed by atoms with E-state index >= 15 is 0 Å². The zero-order chi connectivity index (χ0) is 9.68. The molecule has 0 aromatic heterocycles. The highest BCUT2D eigenvalue weighted by Crippen LogP contribution is 2.19. The molecule has 1 aromatic rings. The molecule has 0 saturated carbocycles. The van der Waals surface area contributed by atoms with E-state index in [1.54, 1.807) is 6.08 Å². The summed E-state index contributed by atoms with van der Waals surface area (Å²) in [6, 6.07) is 10.2. The smallest absolute Gasteiger partial charge is 0.0187 e. The highest BCUT2D eigenvalue weighted by molar-refractivity contribution is 5.76. The summed E-state index contributed by atoms with van der Waals surface area (Å²) >= 11 is 0. The molecule has 66 valence electrons. The maximum atomic E-state index is 4.03. The molecule has 0 bridgehead atoms. The van der Waals surface area contributed by atoms with Crippen molar-refractivity contribution in [3.8, 4) is 0 Å². The Labute approximate surface area is 79.9 Å². The molecule has 0 aliphatic rings. The average Bonchev–Trinajstić information content (AvgIpc) is 2.18. The van der Waals surface area contributed by atoms with Gasteiger partial charge < -0.3 is 0 Å². The highest BCUT2D eigenvalue weighted by atomic mass is 14.0. The normalized spacial score (nSPS) is 11.0. The fraction of sp³-hybridized carbons (Fsp3) is 0.0769. The van der Waals surface area contributed by atoms with Crippen LogP contribution in [0.1, 0.15) is 12.5 Å². The topological polar surface area (TPSA) is 0 Å². The summed E-state index contributed by atoms with van der Waals surface area (Å²) in [6.45, 7) is 9.73. The standard InChI is InChI=1S/C13H14/c1-4-8-11(2)12(3)13-9-6-5-7-10-13/h4-10H,1,3H2,2H3/b11-8+. The van der Waals surface area contributed by atoms with Gasteiger partial charge in [0.1, 0.15) is 0 Å². The zero-order valence-corrected chi connectivity index (χ0v) is 7.96. The number of allylic oxidation sites excluding steroid dienone is 4. The fourth-order valence-electron chi connectivity index (χ4n) is 1.14. The maximum Gasteiger partial charge on any atom is -0.0187 e. The van der Waals surface area contributed by atoms with Gasteiger partial charge >= 0.3 is 0 Å². The number of hydrogen-bond donors (Lipinski definition) is 0. The Morgan fingerprint density at radius 2 is 1.85 bits per heavy atom. The van der Waals surface area contributed by atoms with Crippen molar-refractivity contribution in [1.82, 2.24) is 0 Å². The van der Waals surface area contributed by atoms with E-state index in [0.29, 0.717) is 0 Å². The van der Waals surface area contributed by atoms with Crippen LogP contribution in [0.4, 0.5) is 0 Å². The Kier molecular flexibility index (Phi) is 3.27. The number of rotatable bonds is 3. The molecule has 0 aliphatic heterocycles. The minimum atomic E-state index is 1.06. The largest absolute Gasteiger partial charge is 0.0991 e. The summed E-state index contributed by atoms with van der Waals surface area (Å²) in [4.78, 5) is 0. The van der Waals surface area contributed by atoms with Crippen molar-refractivity contribution in [1.29, 1.82) is 0 Å². The minimum Gasteiger partial charge on any atom is -0.0991 e. The molecule has 1 aromatic carbocycles. The first-order valence-electron chi connectivity index (χ1n) is 4.29. The molecule has 0 unspecified atom stereocenters. The van der Waals surface area contributed by atoms with E-state index in [9.17, 15) is 0 Å². The third-order valence-electron chi connectivity index (χ3n) is 1.97. The molecule has 13 heavy (non-hydrogen) atoms. The van der Waals surface area contributed by atoms with Gasteiger partial charge in [-0.3, -0.25) is 0 Å². The third kappa shape index (κ3) is 2.45. The lowest BCUT2D eigenvalue weighted by molar-refractivity contribution is 1.50. The Hall–Kier alpha value is -1.56. The van der Waals surface area contributed by atoms with Gasteiger partial charge in [-0.15, -0.1) is 0 Å². The van der Waals surface area contributed by atoms with Crippen LogP contribution in [0.5, 0.6) is 0 Å². The van der Waals surface area contributed by atoms with Crippen LogP contribution in [-0.4, -0.2) is 0 Å². The van der Waals surface area contributed by atoms with E-state index < -0.39 is 0 Å². The molecule has 0 nitrogen and oxygen atoms in total. The molecular weight excluding hydrogens is 156 g/mol. The van der Waals surface area contributed by atoms with E-state index in [1.165, 1.54) is 0 Å². The van der Waals surface area contributed by atoms with Crippen molar-refractivity contribution in [3.05, 3.63) is 66.8 Å². The van der Waals surface area contributed by atoms with Crippen LogP contribution in [0.15, 0.2) is 61.2 Å². The van der Waals surface area contributed by atoms with E-state index in [2.05, 4.69) is 25.3 Å². The Morgan fingerprint density at radius 3 is 2.38 bits per heavy atom. The fourth-order valence-corrected chi connectivity index (χ4v) is 1.14. The highest BCUT2D eigenvalue weighted by Gasteiger charge is 1.97. The Balaban J connectivity index is 2.92. The van der Waals surface area contributed by atoms with Crippen LogP contribution in [0.3, 0.4) is 0 Å². The van der Waals surface area contributed by atoms with E-state index in [1.807, 2.05) is 31.2 Å². The van der Waals surface area contributed by atoms with Crippen molar-refractivity contribution in [2.75, 3.05) is 0 Å². The molecule has 0 amide bonds. The summed E-state index contributed by atoms with van der Waals surface area (Å²) < 4.78 is 0. The van der Waals surface area contributed by atoms with Crippen molar-refractivity contribution in [2.24, 2.45) is 0 Å². The predicted octanol–water partition coefficient (Wildman–Crippen LogP) is 3.83. The van der Waals surface area contributed by atoms with Crippen LogP contribution in [0.2, 0.25) is 0 Å². The zero-order valence-electron chi connectivity index (χ0n) is 7.96. The van der Waals surface area contributed by atoms with E-state index in [0.717, 1.165) is 16.7 Å². The molecule has 0 spiro atoms. The summed E-state index contributed by atoms with van der Waals surface area (Å²) in [5, 5.41) is 0. The molecule has 0 fully saturated rings. The molecule has 0 radical (unpaired) electrons. The van der Waals surface area contributed by atoms with Gasteiger partial charge in [0.25, 0.3) is 0 Å². The lowest BCUT2D eigenvalue weighted by atomic mass is 10.0. The van der Waals surface area contributed by atoms with E-state index in [-0.39, 0.29) is 0 Å². The second-order valence-corrected chi connectivity index (χ2v) is 2.93. The van der Waals surface area contributed by atoms with Gasteiger partial charge in [0.05, 0.1) is 0 Å². The van der Waals surface area contributed by atoms with Crippen LogP contribution in [-0.2, 0) is 0 Å². The quantitative estimate of drug-likeness (QED) is 0.605. The molecule has 0 saturated heterocycles. The number of hydrogen-bond acceptors (Lipinski definition) is 0. The first-order valence-corrected chi connectivity index (χ1v) is 4.29. The van der Waals surface area contributed by atoms with Crippen molar-refractivity contribution < 1.29 is 0 Å².